The fourth-order valence-corrected chi connectivity index (χ4v) is 3.37. The Bertz CT molecular complexity index is 261. The number of hydrogen-bond donors (Lipinski definition) is 2. The average Bonchev–Trinajstić information content (AvgIpc) is 3.06. The Labute approximate surface area is 118 Å². The Balaban J connectivity index is 1.18. The van der Waals surface area contributed by atoms with Crippen LogP contribution in [-0.2, 0) is 0 Å². The predicted molar refractivity (Wildman–Crippen MR) is 80.4 cm³/mol. The minimum atomic E-state index is 0.883. The Morgan fingerprint density at radius 2 is 1.84 bits per heavy atom. The van der Waals surface area contributed by atoms with Crippen LogP contribution in [0.25, 0.3) is 0 Å². The van der Waals surface area contributed by atoms with Gasteiger partial charge in [0.1, 0.15) is 0 Å². The van der Waals surface area contributed by atoms with E-state index in [1.165, 1.54) is 84.2 Å². The summed E-state index contributed by atoms with van der Waals surface area (Å²) < 4.78 is 0. The van der Waals surface area contributed by atoms with E-state index in [0.29, 0.717) is 0 Å². The van der Waals surface area contributed by atoms with Crippen LogP contribution in [0.3, 0.4) is 0 Å². The van der Waals surface area contributed by atoms with E-state index in [9.17, 15) is 0 Å². The van der Waals surface area contributed by atoms with Crippen molar-refractivity contribution in [2.75, 3.05) is 39.3 Å². The minimum Gasteiger partial charge on any atom is -0.315 e. The molecular formula is C16H31N3. The monoisotopic (exact) mass is 265 g/mol. The molecule has 0 aromatic carbocycles. The molecule has 2 N–H and O–H groups in total. The van der Waals surface area contributed by atoms with E-state index in [2.05, 4.69) is 15.5 Å². The van der Waals surface area contributed by atoms with Gasteiger partial charge in [-0.15, -0.1) is 0 Å². The fourth-order valence-electron chi connectivity index (χ4n) is 3.37. The molecule has 3 nitrogen and oxygen atoms in total. The SMILES string of the molecule is C1CC(CNCCN2CCC(CCNC3CC3)C2)C1. The Morgan fingerprint density at radius 1 is 0.947 bits per heavy atom. The number of nitrogens with zero attached hydrogens (tertiary/aromatic N) is 1. The van der Waals surface area contributed by atoms with E-state index in [1.54, 1.807) is 0 Å². The van der Waals surface area contributed by atoms with Crippen LogP contribution in [0.5, 0.6) is 0 Å². The van der Waals surface area contributed by atoms with Crippen molar-refractivity contribution in [3.05, 3.63) is 0 Å². The second-order valence-corrected chi connectivity index (χ2v) is 6.97. The first-order valence-electron chi connectivity index (χ1n) is 8.56. The molecule has 110 valence electrons. The fraction of sp³-hybridized carbons (Fsp3) is 1.00. The summed E-state index contributed by atoms with van der Waals surface area (Å²) in [5, 5.41) is 7.29. The lowest BCUT2D eigenvalue weighted by atomic mass is 9.85. The van der Waals surface area contributed by atoms with Gasteiger partial charge in [0.25, 0.3) is 0 Å². The molecule has 1 aliphatic heterocycles. The van der Waals surface area contributed by atoms with E-state index < -0.39 is 0 Å². The minimum absolute atomic E-state index is 0.883. The largest absolute Gasteiger partial charge is 0.315 e. The molecule has 2 aliphatic carbocycles. The van der Waals surface area contributed by atoms with Gasteiger partial charge in [0.05, 0.1) is 0 Å². The molecule has 1 atom stereocenters. The third-order valence-electron chi connectivity index (χ3n) is 5.20. The van der Waals surface area contributed by atoms with Gasteiger partial charge in [-0.1, -0.05) is 6.42 Å². The van der Waals surface area contributed by atoms with Gasteiger partial charge >= 0.3 is 0 Å². The van der Waals surface area contributed by atoms with E-state index in [4.69, 9.17) is 0 Å². The maximum Gasteiger partial charge on any atom is 0.0107 e. The Hall–Kier alpha value is -0.120. The summed E-state index contributed by atoms with van der Waals surface area (Å²) in [5.74, 6) is 1.96. The predicted octanol–water partition coefficient (Wildman–Crippen LogP) is 1.84. The lowest BCUT2D eigenvalue weighted by Gasteiger charge is -2.26. The van der Waals surface area contributed by atoms with Gasteiger partial charge in [-0.3, -0.25) is 0 Å². The molecule has 1 heterocycles. The maximum absolute atomic E-state index is 3.65. The highest BCUT2D eigenvalue weighted by atomic mass is 15.2. The van der Waals surface area contributed by atoms with Gasteiger partial charge in [0.2, 0.25) is 0 Å². The summed E-state index contributed by atoms with van der Waals surface area (Å²) in [7, 11) is 0. The third-order valence-corrected chi connectivity index (χ3v) is 5.20. The Kier molecular flexibility index (Phi) is 5.14. The van der Waals surface area contributed by atoms with Crippen LogP contribution in [0.2, 0.25) is 0 Å². The van der Waals surface area contributed by atoms with Gasteiger partial charge in [-0.25, -0.2) is 0 Å². The van der Waals surface area contributed by atoms with E-state index in [-0.39, 0.29) is 0 Å². The van der Waals surface area contributed by atoms with Gasteiger partial charge in [-0.2, -0.15) is 0 Å². The first-order chi connectivity index (χ1) is 9.40. The average molecular weight is 265 g/mol. The van der Waals surface area contributed by atoms with Crippen molar-refractivity contribution in [1.82, 2.24) is 15.5 Å². The van der Waals surface area contributed by atoms with E-state index in [1.807, 2.05) is 0 Å². The van der Waals surface area contributed by atoms with Crippen LogP contribution >= 0.6 is 0 Å². The van der Waals surface area contributed by atoms with Gasteiger partial charge < -0.3 is 15.5 Å². The summed E-state index contributed by atoms with van der Waals surface area (Å²) in [5.41, 5.74) is 0. The van der Waals surface area contributed by atoms with Crippen molar-refractivity contribution in [3.63, 3.8) is 0 Å². The zero-order valence-electron chi connectivity index (χ0n) is 12.4. The zero-order valence-corrected chi connectivity index (χ0v) is 12.4. The molecule has 3 fully saturated rings. The maximum atomic E-state index is 3.65. The molecule has 3 aliphatic rings. The summed E-state index contributed by atoms with van der Waals surface area (Å²) in [6.07, 6.45) is 10.1. The molecule has 0 aromatic rings. The second-order valence-electron chi connectivity index (χ2n) is 6.97. The molecule has 0 aromatic heterocycles. The lowest BCUT2D eigenvalue weighted by molar-refractivity contribution is 0.281. The highest BCUT2D eigenvalue weighted by Gasteiger charge is 2.24. The first kappa shape index (κ1) is 13.8. The highest BCUT2D eigenvalue weighted by molar-refractivity contribution is 4.82. The summed E-state index contributed by atoms with van der Waals surface area (Å²) in [4.78, 5) is 2.66. The van der Waals surface area contributed by atoms with E-state index in [0.717, 1.165) is 17.9 Å². The topological polar surface area (TPSA) is 27.3 Å². The molecule has 19 heavy (non-hydrogen) atoms. The normalized spacial score (nSPS) is 28.7. The molecule has 3 rings (SSSR count). The molecule has 1 unspecified atom stereocenters. The van der Waals surface area contributed by atoms with Gasteiger partial charge in [0, 0.05) is 25.7 Å². The van der Waals surface area contributed by atoms with Gasteiger partial charge in [-0.05, 0) is 70.0 Å². The molecule has 0 spiro atoms. The van der Waals surface area contributed by atoms with Crippen molar-refractivity contribution in [1.29, 1.82) is 0 Å². The van der Waals surface area contributed by atoms with Crippen molar-refractivity contribution >= 4 is 0 Å². The zero-order chi connectivity index (χ0) is 12.9. The smallest absolute Gasteiger partial charge is 0.0107 e. The molecule has 0 radical (unpaired) electrons. The van der Waals surface area contributed by atoms with Crippen LogP contribution in [0.4, 0.5) is 0 Å². The number of hydrogen-bond acceptors (Lipinski definition) is 3. The number of nitrogens with one attached hydrogen (secondary N) is 2. The molecule has 0 bridgehead atoms. The quantitative estimate of drug-likeness (QED) is 0.623. The number of likely N-dealkylation sites (tertiary alicyclic amines) is 1. The van der Waals surface area contributed by atoms with E-state index >= 15 is 0 Å². The summed E-state index contributed by atoms with van der Waals surface area (Å²) in [6.45, 7) is 7.66. The van der Waals surface area contributed by atoms with Crippen LogP contribution in [-0.4, -0.2) is 50.2 Å². The van der Waals surface area contributed by atoms with Crippen molar-refractivity contribution in [2.24, 2.45) is 11.8 Å². The van der Waals surface area contributed by atoms with Crippen LogP contribution < -0.4 is 10.6 Å². The standard InChI is InChI=1S/C16H31N3/c1-2-14(3-1)12-17-9-11-19-10-7-15(13-19)6-8-18-16-4-5-16/h14-18H,1-13H2. The Morgan fingerprint density at radius 3 is 2.58 bits per heavy atom. The van der Waals surface area contributed by atoms with Crippen LogP contribution in [0.1, 0.15) is 44.9 Å². The van der Waals surface area contributed by atoms with Crippen molar-refractivity contribution < 1.29 is 0 Å². The highest BCUT2D eigenvalue weighted by Crippen LogP contribution is 2.25. The number of rotatable bonds is 9. The summed E-state index contributed by atoms with van der Waals surface area (Å²) >= 11 is 0. The summed E-state index contributed by atoms with van der Waals surface area (Å²) in [6, 6.07) is 0.883. The van der Waals surface area contributed by atoms with Crippen LogP contribution in [0, 0.1) is 11.8 Å². The molecular weight excluding hydrogens is 234 g/mol. The molecule has 1 saturated heterocycles. The first-order valence-corrected chi connectivity index (χ1v) is 8.56. The van der Waals surface area contributed by atoms with Crippen LogP contribution in [0.15, 0.2) is 0 Å². The van der Waals surface area contributed by atoms with Crippen molar-refractivity contribution in [3.8, 4) is 0 Å². The molecule has 0 amide bonds. The molecule has 2 saturated carbocycles. The molecule has 3 heteroatoms. The second kappa shape index (κ2) is 7.05. The van der Waals surface area contributed by atoms with Crippen molar-refractivity contribution in [2.45, 2.75) is 51.0 Å². The van der Waals surface area contributed by atoms with Gasteiger partial charge in [0.15, 0.2) is 0 Å². The lowest BCUT2D eigenvalue weighted by Crippen LogP contribution is -2.34. The third kappa shape index (κ3) is 4.73.